The van der Waals surface area contributed by atoms with Crippen LogP contribution in [0.2, 0.25) is 0 Å². The molecule has 0 spiro atoms. The Hall–Kier alpha value is -2.89. The van der Waals surface area contributed by atoms with Crippen molar-refractivity contribution in [3.63, 3.8) is 0 Å². The van der Waals surface area contributed by atoms with E-state index in [4.69, 9.17) is 4.74 Å². The van der Waals surface area contributed by atoms with E-state index in [9.17, 15) is 4.79 Å². The van der Waals surface area contributed by atoms with Crippen molar-refractivity contribution in [1.29, 1.82) is 0 Å². The summed E-state index contributed by atoms with van der Waals surface area (Å²) in [5.74, 6) is 0.999. The van der Waals surface area contributed by atoms with Gasteiger partial charge in [-0.1, -0.05) is 60.7 Å². The lowest BCUT2D eigenvalue weighted by Crippen LogP contribution is -2.50. The van der Waals surface area contributed by atoms with Crippen LogP contribution in [0, 0.1) is 0 Å². The molecule has 1 heterocycles. The summed E-state index contributed by atoms with van der Waals surface area (Å²) in [5, 5.41) is 5.59. The minimum Gasteiger partial charge on any atom is -0.492 e. The van der Waals surface area contributed by atoms with E-state index < -0.39 is 0 Å². The molecule has 31 heavy (non-hydrogen) atoms. The lowest BCUT2D eigenvalue weighted by molar-refractivity contribution is -0.123. The molecule has 1 unspecified atom stereocenters. The second-order valence-electron chi connectivity index (χ2n) is 8.14. The summed E-state index contributed by atoms with van der Waals surface area (Å²) in [7, 11) is 0. The van der Waals surface area contributed by atoms with Crippen molar-refractivity contribution < 1.29 is 9.53 Å². The first-order chi connectivity index (χ1) is 15.2. The highest BCUT2D eigenvalue weighted by atomic mass is 16.5. The average Bonchev–Trinajstić information content (AvgIpc) is 2.80. The summed E-state index contributed by atoms with van der Waals surface area (Å²) in [5.41, 5.74) is 1.16. The van der Waals surface area contributed by atoms with Gasteiger partial charge in [0.25, 0.3) is 0 Å². The summed E-state index contributed by atoms with van der Waals surface area (Å²) in [6.45, 7) is 7.84. The zero-order valence-corrected chi connectivity index (χ0v) is 18.2. The number of amides is 1. The van der Waals surface area contributed by atoms with E-state index in [2.05, 4.69) is 52.4 Å². The molecule has 1 aliphatic heterocycles. The topological polar surface area (TPSA) is 44.8 Å². The van der Waals surface area contributed by atoms with Gasteiger partial charge in [0, 0.05) is 32.7 Å². The first-order valence-electron chi connectivity index (χ1n) is 11.1. The molecule has 0 bridgehead atoms. The van der Waals surface area contributed by atoms with Crippen LogP contribution in [0.4, 0.5) is 0 Å². The van der Waals surface area contributed by atoms with Gasteiger partial charge in [0.05, 0.1) is 12.6 Å². The number of benzene rings is 3. The first-order valence-corrected chi connectivity index (χ1v) is 11.1. The SMILES string of the molecule is CC(NC(=O)CN1CCN(CCOc2ccccc2)CC1)c1cccc2ccccc12. The van der Waals surface area contributed by atoms with Crippen LogP contribution in [-0.4, -0.2) is 61.6 Å². The van der Waals surface area contributed by atoms with E-state index in [0.29, 0.717) is 13.2 Å². The highest BCUT2D eigenvalue weighted by Crippen LogP contribution is 2.24. The molecule has 5 heteroatoms. The molecule has 1 aliphatic rings. The molecule has 0 radical (unpaired) electrons. The Balaban J connectivity index is 1.20. The molecule has 0 saturated carbocycles. The molecule has 3 aromatic rings. The second kappa shape index (κ2) is 10.4. The van der Waals surface area contributed by atoms with Gasteiger partial charge < -0.3 is 10.1 Å². The molecule has 1 fully saturated rings. The number of fused-ring (bicyclic) bond motifs is 1. The molecule has 5 nitrogen and oxygen atoms in total. The van der Waals surface area contributed by atoms with Crippen molar-refractivity contribution >= 4 is 16.7 Å². The van der Waals surface area contributed by atoms with Crippen molar-refractivity contribution in [3.8, 4) is 5.75 Å². The molecule has 0 aromatic heterocycles. The summed E-state index contributed by atoms with van der Waals surface area (Å²) in [4.78, 5) is 17.3. The number of hydrogen-bond acceptors (Lipinski definition) is 4. The normalized spacial score (nSPS) is 16.2. The Morgan fingerprint density at radius 3 is 2.39 bits per heavy atom. The molecule has 4 rings (SSSR count). The van der Waals surface area contributed by atoms with Gasteiger partial charge in [-0.05, 0) is 35.4 Å². The summed E-state index contributed by atoms with van der Waals surface area (Å²) in [6.07, 6.45) is 0. The number of nitrogens with one attached hydrogen (secondary N) is 1. The maximum absolute atomic E-state index is 12.7. The fourth-order valence-corrected chi connectivity index (χ4v) is 4.18. The maximum atomic E-state index is 12.7. The number of carbonyl (C=O) groups excluding carboxylic acids is 1. The van der Waals surface area contributed by atoms with E-state index in [0.717, 1.165) is 44.0 Å². The van der Waals surface area contributed by atoms with Gasteiger partial charge in [-0.25, -0.2) is 0 Å². The third-order valence-corrected chi connectivity index (χ3v) is 5.92. The molecule has 162 valence electrons. The molecular formula is C26H31N3O2. The number of hydrogen-bond donors (Lipinski definition) is 1. The van der Waals surface area contributed by atoms with Gasteiger partial charge in [-0.15, -0.1) is 0 Å². The van der Waals surface area contributed by atoms with Crippen LogP contribution in [0.3, 0.4) is 0 Å². The molecule has 1 atom stereocenters. The third-order valence-electron chi connectivity index (χ3n) is 5.92. The largest absolute Gasteiger partial charge is 0.492 e. The number of piperazine rings is 1. The summed E-state index contributed by atoms with van der Waals surface area (Å²) >= 11 is 0. The molecule has 0 aliphatic carbocycles. The van der Waals surface area contributed by atoms with Crippen LogP contribution in [-0.2, 0) is 4.79 Å². The van der Waals surface area contributed by atoms with E-state index in [1.807, 2.05) is 42.5 Å². The fourth-order valence-electron chi connectivity index (χ4n) is 4.18. The number of para-hydroxylation sites is 1. The molecule has 3 aromatic carbocycles. The molecule has 1 N–H and O–H groups in total. The number of ether oxygens (including phenoxy) is 1. The van der Waals surface area contributed by atoms with Crippen molar-refractivity contribution in [2.45, 2.75) is 13.0 Å². The van der Waals surface area contributed by atoms with E-state index in [-0.39, 0.29) is 11.9 Å². The Morgan fingerprint density at radius 2 is 1.58 bits per heavy atom. The van der Waals surface area contributed by atoms with Crippen LogP contribution in [0.15, 0.2) is 72.8 Å². The highest BCUT2D eigenvalue weighted by Gasteiger charge is 2.20. The summed E-state index contributed by atoms with van der Waals surface area (Å²) < 4.78 is 5.80. The van der Waals surface area contributed by atoms with Gasteiger partial charge in [-0.3, -0.25) is 14.6 Å². The predicted molar refractivity (Wildman–Crippen MR) is 125 cm³/mol. The predicted octanol–water partition coefficient (Wildman–Crippen LogP) is 3.71. The van der Waals surface area contributed by atoms with Crippen molar-refractivity contribution in [3.05, 3.63) is 78.4 Å². The Kier molecular flexibility index (Phi) is 7.18. The smallest absolute Gasteiger partial charge is 0.234 e. The quantitative estimate of drug-likeness (QED) is 0.607. The second-order valence-corrected chi connectivity index (χ2v) is 8.14. The molecular weight excluding hydrogens is 386 g/mol. The van der Waals surface area contributed by atoms with Gasteiger partial charge in [-0.2, -0.15) is 0 Å². The Morgan fingerprint density at radius 1 is 0.903 bits per heavy atom. The van der Waals surface area contributed by atoms with Crippen LogP contribution in [0.25, 0.3) is 10.8 Å². The lowest BCUT2D eigenvalue weighted by Gasteiger charge is -2.34. The maximum Gasteiger partial charge on any atom is 0.234 e. The van der Waals surface area contributed by atoms with Crippen LogP contribution in [0.1, 0.15) is 18.5 Å². The number of carbonyl (C=O) groups is 1. The van der Waals surface area contributed by atoms with E-state index >= 15 is 0 Å². The first kappa shape index (κ1) is 21.3. The Bertz CT molecular complexity index is 979. The Labute approximate surface area is 184 Å². The average molecular weight is 418 g/mol. The van der Waals surface area contributed by atoms with Crippen molar-refractivity contribution in [2.24, 2.45) is 0 Å². The zero-order chi connectivity index (χ0) is 21.5. The molecule has 1 amide bonds. The standard InChI is InChI=1S/C26H31N3O2/c1-21(24-13-7-9-22-8-5-6-12-25(22)24)27-26(30)20-29-16-14-28(15-17-29)18-19-31-23-10-3-2-4-11-23/h2-13,21H,14-20H2,1H3,(H,27,30). The summed E-state index contributed by atoms with van der Waals surface area (Å²) in [6, 6.07) is 24.5. The van der Waals surface area contributed by atoms with E-state index in [1.165, 1.54) is 10.8 Å². The monoisotopic (exact) mass is 417 g/mol. The van der Waals surface area contributed by atoms with Gasteiger partial charge >= 0.3 is 0 Å². The lowest BCUT2D eigenvalue weighted by atomic mass is 10.00. The van der Waals surface area contributed by atoms with Gasteiger partial charge in [0.15, 0.2) is 0 Å². The van der Waals surface area contributed by atoms with Crippen molar-refractivity contribution in [2.75, 3.05) is 45.9 Å². The van der Waals surface area contributed by atoms with Crippen LogP contribution >= 0.6 is 0 Å². The highest BCUT2D eigenvalue weighted by molar-refractivity contribution is 5.87. The third kappa shape index (κ3) is 5.84. The number of nitrogens with zero attached hydrogens (tertiary/aromatic N) is 2. The molecule has 1 saturated heterocycles. The van der Waals surface area contributed by atoms with Gasteiger partial charge in [0.1, 0.15) is 12.4 Å². The van der Waals surface area contributed by atoms with Crippen LogP contribution in [0.5, 0.6) is 5.75 Å². The van der Waals surface area contributed by atoms with Crippen molar-refractivity contribution in [1.82, 2.24) is 15.1 Å². The fraction of sp³-hybridized carbons (Fsp3) is 0.346. The van der Waals surface area contributed by atoms with Gasteiger partial charge in [0.2, 0.25) is 5.91 Å². The van der Waals surface area contributed by atoms with Crippen LogP contribution < -0.4 is 10.1 Å². The minimum atomic E-state index is -0.0185. The number of rotatable bonds is 8. The zero-order valence-electron chi connectivity index (χ0n) is 18.2. The minimum absolute atomic E-state index is 0.0185. The van der Waals surface area contributed by atoms with E-state index in [1.54, 1.807) is 0 Å².